The Morgan fingerprint density at radius 1 is 1.43 bits per heavy atom. The van der Waals surface area contributed by atoms with Gasteiger partial charge in [-0.25, -0.2) is 9.97 Å². The lowest BCUT2D eigenvalue weighted by Gasteiger charge is -2.05. The lowest BCUT2D eigenvalue weighted by Crippen LogP contribution is -2.07. The van der Waals surface area contributed by atoms with Gasteiger partial charge in [-0.15, -0.1) is 11.3 Å². The first kappa shape index (κ1) is 15.4. The molecular formula is C14H18N4O2S. The van der Waals surface area contributed by atoms with Crippen molar-refractivity contribution in [2.75, 3.05) is 11.9 Å². The number of rotatable bonds is 6. The molecule has 1 N–H and O–H groups in total. The summed E-state index contributed by atoms with van der Waals surface area (Å²) in [6, 6.07) is 1.70. The van der Waals surface area contributed by atoms with Crippen LogP contribution in [0, 0.1) is 24.0 Å². The van der Waals surface area contributed by atoms with Gasteiger partial charge in [0.1, 0.15) is 12.0 Å². The lowest BCUT2D eigenvalue weighted by atomic mass is 10.2. The van der Waals surface area contributed by atoms with Gasteiger partial charge >= 0.3 is 0 Å². The Labute approximate surface area is 127 Å². The van der Waals surface area contributed by atoms with E-state index in [-0.39, 0.29) is 5.69 Å². The third-order valence-corrected chi connectivity index (χ3v) is 4.27. The van der Waals surface area contributed by atoms with Crippen LogP contribution in [0.2, 0.25) is 0 Å². The van der Waals surface area contributed by atoms with E-state index in [0.717, 1.165) is 17.8 Å². The van der Waals surface area contributed by atoms with Crippen LogP contribution in [0.3, 0.4) is 0 Å². The first-order valence-electron chi connectivity index (χ1n) is 6.81. The summed E-state index contributed by atoms with van der Waals surface area (Å²) in [5.41, 5.74) is 1.82. The fraction of sp³-hybridized carbons (Fsp3) is 0.429. The van der Waals surface area contributed by atoms with Gasteiger partial charge in [0, 0.05) is 23.4 Å². The Morgan fingerprint density at radius 2 is 2.19 bits per heavy atom. The van der Waals surface area contributed by atoms with E-state index in [9.17, 15) is 10.1 Å². The van der Waals surface area contributed by atoms with Crippen LogP contribution in [0.5, 0.6) is 0 Å². The summed E-state index contributed by atoms with van der Waals surface area (Å²) < 4.78 is 0. The van der Waals surface area contributed by atoms with Crippen molar-refractivity contribution in [2.45, 2.75) is 33.6 Å². The smallest absolute Gasteiger partial charge is 0.290 e. The lowest BCUT2D eigenvalue weighted by molar-refractivity contribution is -0.385. The van der Waals surface area contributed by atoms with E-state index in [2.05, 4.69) is 29.1 Å². The molecule has 2 aromatic rings. The van der Waals surface area contributed by atoms with E-state index in [4.69, 9.17) is 0 Å². The van der Waals surface area contributed by atoms with Crippen molar-refractivity contribution < 1.29 is 4.92 Å². The minimum atomic E-state index is -0.420. The average molecular weight is 306 g/mol. The van der Waals surface area contributed by atoms with E-state index >= 15 is 0 Å². The van der Waals surface area contributed by atoms with Gasteiger partial charge in [0.25, 0.3) is 5.69 Å². The van der Waals surface area contributed by atoms with E-state index < -0.39 is 4.92 Å². The molecule has 0 bridgehead atoms. The summed E-state index contributed by atoms with van der Waals surface area (Å²) in [6.45, 7) is 6.62. The number of aryl methyl sites for hydroxylation is 3. The Kier molecular flexibility index (Phi) is 4.85. The topological polar surface area (TPSA) is 81.0 Å². The number of nitrogens with zero attached hydrogens (tertiary/aromatic N) is 3. The van der Waals surface area contributed by atoms with Crippen LogP contribution in [0.1, 0.15) is 28.1 Å². The van der Waals surface area contributed by atoms with Crippen molar-refractivity contribution in [1.82, 2.24) is 9.97 Å². The van der Waals surface area contributed by atoms with E-state index in [1.165, 1.54) is 16.8 Å². The second kappa shape index (κ2) is 6.62. The fourth-order valence-electron chi connectivity index (χ4n) is 2.06. The maximum absolute atomic E-state index is 10.7. The predicted molar refractivity (Wildman–Crippen MR) is 84.1 cm³/mol. The zero-order chi connectivity index (χ0) is 15.4. The highest BCUT2D eigenvalue weighted by Crippen LogP contribution is 2.20. The van der Waals surface area contributed by atoms with Gasteiger partial charge in [-0.05, 0) is 26.3 Å². The van der Waals surface area contributed by atoms with Gasteiger partial charge < -0.3 is 5.32 Å². The summed E-state index contributed by atoms with van der Waals surface area (Å²) in [4.78, 5) is 20.2. The number of pyridine rings is 1. The zero-order valence-electron chi connectivity index (χ0n) is 12.3. The minimum Gasteiger partial charge on any atom is -0.370 e. The fourth-order valence-corrected chi connectivity index (χ4v) is 3.08. The second-order valence-electron chi connectivity index (χ2n) is 4.75. The van der Waals surface area contributed by atoms with E-state index in [0.29, 0.717) is 17.9 Å². The molecule has 0 aromatic carbocycles. The molecule has 6 nitrogen and oxygen atoms in total. The molecule has 0 unspecified atom stereocenters. The largest absolute Gasteiger partial charge is 0.370 e. The Bertz CT molecular complexity index is 654. The SMILES string of the molecule is CCc1nc(CCNc2cc(C)c([N+](=O)[O-])cn2)sc1C. The first-order valence-corrected chi connectivity index (χ1v) is 7.63. The molecule has 0 aliphatic heterocycles. The quantitative estimate of drug-likeness (QED) is 0.654. The predicted octanol–water partition coefficient (Wildman–Crippen LogP) is 3.28. The molecule has 2 rings (SSSR count). The molecular weight excluding hydrogens is 288 g/mol. The molecule has 0 spiro atoms. The molecule has 0 saturated carbocycles. The van der Waals surface area contributed by atoms with Crippen molar-refractivity contribution in [3.63, 3.8) is 0 Å². The molecule has 21 heavy (non-hydrogen) atoms. The number of nitrogens with one attached hydrogen (secondary N) is 1. The highest BCUT2D eigenvalue weighted by molar-refractivity contribution is 7.11. The second-order valence-corrected chi connectivity index (χ2v) is 6.04. The molecule has 0 aliphatic rings. The van der Waals surface area contributed by atoms with Crippen LogP contribution in [0.25, 0.3) is 0 Å². The Balaban J connectivity index is 1.94. The van der Waals surface area contributed by atoms with Gasteiger partial charge in [0.15, 0.2) is 0 Å². The van der Waals surface area contributed by atoms with Gasteiger partial charge in [-0.1, -0.05) is 6.92 Å². The van der Waals surface area contributed by atoms with Crippen LogP contribution < -0.4 is 5.32 Å². The van der Waals surface area contributed by atoms with Crippen molar-refractivity contribution in [2.24, 2.45) is 0 Å². The third-order valence-electron chi connectivity index (χ3n) is 3.20. The molecule has 0 amide bonds. The average Bonchev–Trinajstić information content (AvgIpc) is 2.78. The molecule has 0 saturated heterocycles. The van der Waals surface area contributed by atoms with E-state index in [1.807, 2.05) is 0 Å². The highest BCUT2D eigenvalue weighted by Gasteiger charge is 2.11. The number of hydrogen-bond acceptors (Lipinski definition) is 6. The number of thiazole rings is 1. The first-order chi connectivity index (χ1) is 10.0. The minimum absolute atomic E-state index is 0.0451. The number of anilines is 1. The summed E-state index contributed by atoms with van der Waals surface area (Å²) in [7, 11) is 0. The number of aromatic nitrogens is 2. The Hall–Kier alpha value is -2.02. The Morgan fingerprint density at radius 3 is 2.76 bits per heavy atom. The van der Waals surface area contributed by atoms with Crippen LogP contribution >= 0.6 is 11.3 Å². The van der Waals surface area contributed by atoms with Gasteiger partial charge in [0.05, 0.1) is 15.6 Å². The van der Waals surface area contributed by atoms with Crippen LogP contribution in [-0.2, 0) is 12.8 Å². The monoisotopic (exact) mass is 306 g/mol. The van der Waals surface area contributed by atoms with Crippen molar-refractivity contribution in [3.8, 4) is 0 Å². The normalized spacial score (nSPS) is 10.6. The molecule has 2 aromatic heterocycles. The maximum Gasteiger partial charge on any atom is 0.290 e. The molecule has 0 atom stereocenters. The molecule has 0 aliphatic carbocycles. The molecule has 112 valence electrons. The van der Waals surface area contributed by atoms with E-state index in [1.54, 1.807) is 24.3 Å². The summed E-state index contributed by atoms with van der Waals surface area (Å²) in [5, 5.41) is 15.0. The molecule has 2 heterocycles. The summed E-state index contributed by atoms with van der Waals surface area (Å²) in [5.74, 6) is 0.655. The van der Waals surface area contributed by atoms with Gasteiger partial charge in [0.2, 0.25) is 0 Å². The summed E-state index contributed by atoms with van der Waals surface area (Å²) >= 11 is 1.72. The maximum atomic E-state index is 10.7. The standard InChI is InChI=1S/C14H18N4O2S/c1-4-11-10(3)21-14(17-11)5-6-15-13-7-9(2)12(8-16-13)18(19)20/h7-8H,4-6H2,1-3H3,(H,15,16). The molecule has 0 radical (unpaired) electrons. The van der Waals surface area contributed by atoms with Crippen molar-refractivity contribution in [1.29, 1.82) is 0 Å². The third kappa shape index (κ3) is 3.75. The molecule has 0 fully saturated rings. The van der Waals surface area contributed by atoms with Crippen LogP contribution in [0.4, 0.5) is 11.5 Å². The number of hydrogen-bond donors (Lipinski definition) is 1. The van der Waals surface area contributed by atoms with Crippen LogP contribution in [-0.4, -0.2) is 21.4 Å². The van der Waals surface area contributed by atoms with Crippen molar-refractivity contribution >= 4 is 22.8 Å². The van der Waals surface area contributed by atoms with Gasteiger partial charge in [-0.3, -0.25) is 10.1 Å². The zero-order valence-corrected chi connectivity index (χ0v) is 13.2. The van der Waals surface area contributed by atoms with Crippen LogP contribution in [0.15, 0.2) is 12.3 Å². The highest BCUT2D eigenvalue weighted by atomic mass is 32.1. The molecule has 7 heteroatoms. The summed E-state index contributed by atoms with van der Waals surface area (Å²) in [6.07, 6.45) is 3.07. The van der Waals surface area contributed by atoms with Crippen molar-refractivity contribution in [3.05, 3.63) is 43.5 Å². The number of nitro groups is 1. The van der Waals surface area contributed by atoms with Gasteiger partial charge in [-0.2, -0.15) is 0 Å².